The largest absolute Gasteiger partial charge is 0.487 e. The lowest BCUT2D eigenvalue weighted by atomic mass is 9.75. The van der Waals surface area contributed by atoms with Crippen molar-refractivity contribution in [1.82, 2.24) is 20.4 Å². The van der Waals surface area contributed by atoms with Gasteiger partial charge in [-0.25, -0.2) is 4.39 Å². The number of ether oxygens (including phenoxy) is 1. The molecule has 1 aromatic carbocycles. The number of likely N-dealkylation sites (tertiary alicyclic amines) is 1. The maximum Gasteiger partial charge on any atom is 0.253 e. The van der Waals surface area contributed by atoms with Gasteiger partial charge >= 0.3 is 0 Å². The molecule has 2 aromatic rings. The number of rotatable bonds is 5. The van der Waals surface area contributed by atoms with E-state index in [2.05, 4.69) is 41.2 Å². The third kappa shape index (κ3) is 5.50. The van der Waals surface area contributed by atoms with E-state index in [1.54, 1.807) is 18.2 Å². The van der Waals surface area contributed by atoms with Crippen LogP contribution in [0.1, 0.15) is 50.4 Å². The van der Waals surface area contributed by atoms with Gasteiger partial charge in [-0.05, 0) is 55.5 Å². The van der Waals surface area contributed by atoms with Gasteiger partial charge in [0.2, 0.25) is 0 Å². The summed E-state index contributed by atoms with van der Waals surface area (Å²) in [4.78, 5) is 15.1. The highest BCUT2D eigenvalue weighted by atomic mass is 19.1. The van der Waals surface area contributed by atoms with Crippen molar-refractivity contribution < 1.29 is 19.0 Å². The van der Waals surface area contributed by atoms with Crippen LogP contribution >= 0.6 is 0 Å². The normalized spacial score (nSPS) is 26.8. The van der Waals surface area contributed by atoms with Crippen LogP contribution in [0.15, 0.2) is 42.7 Å². The Balaban J connectivity index is 1.51. The van der Waals surface area contributed by atoms with Crippen LogP contribution in [0.5, 0.6) is 5.75 Å². The highest BCUT2D eigenvalue weighted by Gasteiger charge is 2.48. The van der Waals surface area contributed by atoms with Gasteiger partial charge < -0.3 is 15.2 Å². The number of halogens is 1. The predicted octanol–water partition coefficient (Wildman–Crippen LogP) is 3.05. The molecule has 4 atom stereocenters. The fraction of sp³-hybridized carbons (Fsp3) is 0.560. The zero-order valence-electron chi connectivity index (χ0n) is 19.4. The van der Waals surface area contributed by atoms with Crippen LogP contribution in [0, 0.1) is 17.2 Å². The fourth-order valence-corrected chi connectivity index (χ4v) is 5.18. The summed E-state index contributed by atoms with van der Waals surface area (Å²) in [5.41, 5.74) is 0.657. The van der Waals surface area contributed by atoms with E-state index in [-0.39, 0.29) is 23.4 Å². The lowest BCUT2D eigenvalue weighted by Gasteiger charge is -2.43. The minimum absolute atomic E-state index is 0.241. The first-order valence-electron chi connectivity index (χ1n) is 11.6. The molecule has 2 fully saturated rings. The van der Waals surface area contributed by atoms with E-state index in [1.807, 2.05) is 0 Å². The van der Waals surface area contributed by atoms with Gasteiger partial charge in [-0.3, -0.25) is 9.69 Å². The third-order valence-corrected chi connectivity index (χ3v) is 7.05. The molecule has 33 heavy (non-hydrogen) atoms. The minimum atomic E-state index is -0.819. The molecule has 1 amide bonds. The first-order chi connectivity index (χ1) is 15.7. The number of carbonyl (C=O) groups excluding carboxylic acids is 1. The van der Waals surface area contributed by atoms with E-state index in [9.17, 15) is 14.3 Å². The third-order valence-electron chi connectivity index (χ3n) is 7.05. The van der Waals surface area contributed by atoms with Gasteiger partial charge in [0.15, 0.2) is 0 Å². The fourth-order valence-electron chi connectivity index (χ4n) is 5.18. The zero-order chi connectivity index (χ0) is 23.6. The summed E-state index contributed by atoms with van der Waals surface area (Å²) in [5, 5.41) is 21.9. The molecule has 0 bridgehead atoms. The molecule has 7 nitrogen and oxygen atoms in total. The Morgan fingerprint density at radius 1 is 1.21 bits per heavy atom. The highest BCUT2D eigenvalue weighted by molar-refractivity contribution is 5.94. The Morgan fingerprint density at radius 3 is 2.61 bits per heavy atom. The molecule has 178 valence electrons. The number of amides is 1. The van der Waals surface area contributed by atoms with Gasteiger partial charge in [0.1, 0.15) is 23.8 Å². The van der Waals surface area contributed by atoms with E-state index in [0.717, 1.165) is 25.9 Å². The summed E-state index contributed by atoms with van der Waals surface area (Å²) in [7, 11) is 0. The Hall–Kier alpha value is -2.58. The number of aromatic nitrogens is 2. The van der Waals surface area contributed by atoms with E-state index in [4.69, 9.17) is 4.74 Å². The Morgan fingerprint density at radius 2 is 1.97 bits per heavy atom. The highest BCUT2D eigenvalue weighted by Crippen LogP contribution is 2.37. The lowest BCUT2D eigenvalue weighted by Crippen LogP contribution is -2.56. The van der Waals surface area contributed by atoms with Crippen molar-refractivity contribution in [3.05, 3.63) is 54.1 Å². The van der Waals surface area contributed by atoms with Crippen LogP contribution in [-0.4, -0.2) is 63.5 Å². The summed E-state index contributed by atoms with van der Waals surface area (Å²) < 4.78 is 19.6. The van der Waals surface area contributed by atoms with Crippen LogP contribution in [-0.2, 0) is 0 Å². The Kier molecular flexibility index (Phi) is 6.95. The average molecular weight is 457 g/mol. The number of hydrogen-bond donors (Lipinski definition) is 2. The van der Waals surface area contributed by atoms with Crippen molar-refractivity contribution in [2.24, 2.45) is 11.3 Å². The summed E-state index contributed by atoms with van der Waals surface area (Å²) in [6.45, 7) is 8.50. The first-order valence-corrected chi connectivity index (χ1v) is 11.6. The molecule has 2 aliphatic rings. The summed E-state index contributed by atoms with van der Waals surface area (Å²) >= 11 is 0. The molecule has 0 radical (unpaired) electrons. The monoisotopic (exact) mass is 456 g/mol. The van der Waals surface area contributed by atoms with Gasteiger partial charge in [0.25, 0.3) is 5.91 Å². The molecule has 2 heterocycles. The summed E-state index contributed by atoms with van der Waals surface area (Å²) in [5.74, 6) is 0.330. The molecule has 0 unspecified atom stereocenters. The first kappa shape index (κ1) is 23.6. The maximum atomic E-state index is 13.7. The van der Waals surface area contributed by atoms with Crippen LogP contribution in [0.25, 0.3) is 0 Å². The maximum absolute atomic E-state index is 13.7. The SMILES string of the molecule is CC(C)(C)C1CCN([C@@H]2[C@@H](O)[C@H](Oc3cccc(F)c3)C[C@H]2NC(=O)c2ccnnc2)CC1. The number of piperidine rings is 1. The van der Waals surface area contributed by atoms with Crippen molar-refractivity contribution in [2.75, 3.05) is 13.1 Å². The average Bonchev–Trinajstić information content (AvgIpc) is 3.08. The van der Waals surface area contributed by atoms with Gasteiger partial charge in [0.05, 0.1) is 30.0 Å². The second-order valence-corrected chi connectivity index (χ2v) is 10.2. The van der Waals surface area contributed by atoms with Gasteiger partial charge in [0, 0.05) is 12.5 Å². The van der Waals surface area contributed by atoms with E-state index < -0.39 is 18.0 Å². The van der Waals surface area contributed by atoms with Gasteiger partial charge in [-0.1, -0.05) is 26.8 Å². The standard InChI is InChI=1S/C25H33FN4O3/c1-25(2,3)17-8-11-30(12-9-17)22-20(29-24(32)16-7-10-27-28-15-16)14-21(23(22)31)33-19-6-4-5-18(26)13-19/h4-7,10,13,15,17,20-23,31H,8-9,11-12,14H2,1-3H3,(H,29,32)/t20-,21-,22+,23+/m1/s1. The van der Waals surface area contributed by atoms with E-state index in [0.29, 0.717) is 23.7 Å². The summed E-state index contributed by atoms with van der Waals surface area (Å²) in [6, 6.07) is 6.92. The van der Waals surface area contributed by atoms with Crippen molar-refractivity contribution in [1.29, 1.82) is 0 Å². The molecule has 1 aliphatic heterocycles. The Labute approximate surface area is 194 Å². The molecule has 8 heteroatoms. The minimum Gasteiger partial charge on any atom is -0.487 e. The quantitative estimate of drug-likeness (QED) is 0.719. The zero-order valence-corrected chi connectivity index (χ0v) is 19.4. The molecular weight excluding hydrogens is 423 g/mol. The van der Waals surface area contributed by atoms with Crippen molar-refractivity contribution >= 4 is 5.91 Å². The van der Waals surface area contributed by atoms with Gasteiger partial charge in [-0.15, -0.1) is 0 Å². The molecule has 4 rings (SSSR count). The number of nitrogens with one attached hydrogen (secondary N) is 1. The number of aliphatic hydroxyl groups is 1. The second-order valence-electron chi connectivity index (χ2n) is 10.2. The molecule has 0 spiro atoms. The molecule has 1 saturated carbocycles. The Bertz CT molecular complexity index is 944. The van der Waals surface area contributed by atoms with Crippen molar-refractivity contribution in [2.45, 2.75) is 64.3 Å². The van der Waals surface area contributed by atoms with E-state index >= 15 is 0 Å². The van der Waals surface area contributed by atoms with Crippen LogP contribution in [0.3, 0.4) is 0 Å². The van der Waals surface area contributed by atoms with Gasteiger partial charge in [-0.2, -0.15) is 10.2 Å². The number of aliphatic hydroxyl groups excluding tert-OH is 1. The van der Waals surface area contributed by atoms with Crippen LogP contribution in [0.2, 0.25) is 0 Å². The van der Waals surface area contributed by atoms with Crippen molar-refractivity contribution in [3.8, 4) is 5.75 Å². The van der Waals surface area contributed by atoms with Crippen LogP contribution in [0.4, 0.5) is 4.39 Å². The van der Waals surface area contributed by atoms with Crippen molar-refractivity contribution in [3.63, 3.8) is 0 Å². The molecule has 1 saturated heterocycles. The smallest absolute Gasteiger partial charge is 0.253 e. The topological polar surface area (TPSA) is 87.6 Å². The number of carbonyl (C=O) groups is 1. The van der Waals surface area contributed by atoms with Crippen LogP contribution < -0.4 is 10.1 Å². The predicted molar refractivity (Wildman–Crippen MR) is 122 cm³/mol. The number of nitrogens with zero attached hydrogens (tertiary/aromatic N) is 3. The number of hydrogen-bond acceptors (Lipinski definition) is 6. The second kappa shape index (κ2) is 9.73. The number of benzene rings is 1. The molecular formula is C25H33FN4O3. The summed E-state index contributed by atoms with van der Waals surface area (Å²) in [6.07, 6.45) is 4.02. The lowest BCUT2D eigenvalue weighted by molar-refractivity contribution is -0.0108. The molecule has 1 aliphatic carbocycles. The molecule has 1 aromatic heterocycles. The van der Waals surface area contributed by atoms with E-state index in [1.165, 1.54) is 24.5 Å². The molecule has 2 N–H and O–H groups in total.